The summed E-state index contributed by atoms with van der Waals surface area (Å²) >= 11 is 5.62. The molecule has 10 heteroatoms. The van der Waals surface area contributed by atoms with E-state index in [-0.39, 0.29) is 17.2 Å². The molecule has 0 bridgehead atoms. The Balaban J connectivity index is 2.37. The highest BCUT2D eigenvalue weighted by atomic mass is 35.5. The zero-order valence-corrected chi connectivity index (χ0v) is 11.2. The Bertz CT molecular complexity index is 662. The maximum absolute atomic E-state index is 13.6. The van der Waals surface area contributed by atoms with Crippen LogP contribution in [0.1, 0.15) is 5.56 Å². The van der Waals surface area contributed by atoms with Crippen molar-refractivity contribution >= 4 is 29.2 Å². The third-order valence-electron chi connectivity index (χ3n) is 2.37. The maximum Gasteiger partial charge on any atom is 0.416 e. The molecule has 0 spiro atoms. The molecule has 0 aliphatic rings. The van der Waals surface area contributed by atoms with Crippen molar-refractivity contribution in [2.75, 3.05) is 17.7 Å². The van der Waals surface area contributed by atoms with E-state index in [0.717, 1.165) is 0 Å². The van der Waals surface area contributed by atoms with Gasteiger partial charge in [0, 0.05) is 7.05 Å². The van der Waals surface area contributed by atoms with Crippen LogP contribution < -0.4 is 10.6 Å². The molecular formula is C11H8ClF4N5. The lowest BCUT2D eigenvalue weighted by atomic mass is 10.2. The predicted molar refractivity (Wildman–Crippen MR) is 69.1 cm³/mol. The van der Waals surface area contributed by atoms with E-state index in [4.69, 9.17) is 11.6 Å². The van der Waals surface area contributed by atoms with Crippen molar-refractivity contribution in [1.82, 2.24) is 15.0 Å². The van der Waals surface area contributed by atoms with Gasteiger partial charge in [-0.05, 0) is 29.8 Å². The Morgan fingerprint density at radius 3 is 2.38 bits per heavy atom. The molecule has 2 aromatic rings. The second-order valence-corrected chi connectivity index (χ2v) is 4.16. The standard InChI is InChI=1S/C11H8ClF4N5/c1-17-9-19-8(12)20-10(21-9)18-7-4-5(11(14,15)16)2-3-6(7)13/h2-4H,1H3,(H2,17,18,19,20,21). The Morgan fingerprint density at radius 2 is 1.76 bits per heavy atom. The summed E-state index contributed by atoms with van der Waals surface area (Å²) in [5, 5.41) is 4.73. The van der Waals surface area contributed by atoms with Crippen LogP contribution in [0.25, 0.3) is 0 Å². The molecular weight excluding hydrogens is 314 g/mol. The maximum atomic E-state index is 13.6. The van der Waals surface area contributed by atoms with E-state index in [0.29, 0.717) is 18.2 Å². The van der Waals surface area contributed by atoms with Crippen molar-refractivity contribution in [3.05, 3.63) is 34.9 Å². The molecule has 21 heavy (non-hydrogen) atoms. The topological polar surface area (TPSA) is 62.7 Å². The van der Waals surface area contributed by atoms with E-state index < -0.39 is 23.2 Å². The van der Waals surface area contributed by atoms with Crippen LogP contribution >= 0.6 is 11.6 Å². The summed E-state index contributed by atoms with van der Waals surface area (Å²) in [7, 11) is 1.51. The molecule has 0 saturated carbocycles. The van der Waals surface area contributed by atoms with Gasteiger partial charge in [-0.3, -0.25) is 0 Å². The largest absolute Gasteiger partial charge is 0.416 e. The molecule has 0 amide bonds. The Labute approximate surface area is 121 Å². The monoisotopic (exact) mass is 321 g/mol. The summed E-state index contributed by atoms with van der Waals surface area (Å²) in [5.41, 5.74) is -1.42. The van der Waals surface area contributed by atoms with E-state index in [1.807, 2.05) is 0 Å². The minimum atomic E-state index is -4.59. The first kappa shape index (κ1) is 15.2. The quantitative estimate of drug-likeness (QED) is 0.848. The Morgan fingerprint density at radius 1 is 1.10 bits per heavy atom. The van der Waals surface area contributed by atoms with E-state index in [9.17, 15) is 17.6 Å². The molecule has 0 atom stereocenters. The third-order valence-corrected chi connectivity index (χ3v) is 2.54. The average molecular weight is 322 g/mol. The highest BCUT2D eigenvalue weighted by Crippen LogP contribution is 2.32. The SMILES string of the molecule is CNc1nc(Cl)nc(Nc2cc(C(F)(F)F)ccc2F)n1. The van der Waals surface area contributed by atoms with Crippen molar-refractivity contribution in [2.24, 2.45) is 0 Å². The summed E-state index contributed by atoms with van der Waals surface area (Å²) in [5.74, 6) is -0.979. The molecule has 0 unspecified atom stereocenters. The number of rotatable bonds is 3. The van der Waals surface area contributed by atoms with Gasteiger partial charge in [0.05, 0.1) is 11.3 Å². The Kier molecular flexibility index (Phi) is 4.12. The highest BCUT2D eigenvalue weighted by molar-refractivity contribution is 6.28. The summed E-state index contributed by atoms with van der Waals surface area (Å²) < 4.78 is 51.4. The van der Waals surface area contributed by atoms with Gasteiger partial charge in [0.15, 0.2) is 0 Å². The van der Waals surface area contributed by atoms with Crippen LogP contribution in [0, 0.1) is 5.82 Å². The van der Waals surface area contributed by atoms with Crippen LogP contribution in [-0.2, 0) is 6.18 Å². The smallest absolute Gasteiger partial charge is 0.357 e. The molecule has 1 aromatic carbocycles. The predicted octanol–water partition coefficient (Wildman–Crippen LogP) is 3.47. The lowest BCUT2D eigenvalue weighted by Crippen LogP contribution is -2.08. The molecule has 0 aliphatic heterocycles. The third kappa shape index (κ3) is 3.69. The van der Waals surface area contributed by atoms with Gasteiger partial charge in [0.25, 0.3) is 0 Å². The van der Waals surface area contributed by atoms with Crippen molar-refractivity contribution in [3.8, 4) is 0 Å². The number of benzene rings is 1. The molecule has 0 saturated heterocycles. The first-order valence-electron chi connectivity index (χ1n) is 5.52. The second kappa shape index (κ2) is 5.68. The first-order valence-corrected chi connectivity index (χ1v) is 5.90. The zero-order valence-electron chi connectivity index (χ0n) is 10.5. The molecule has 2 N–H and O–H groups in total. The lowest BCUT2D eigenvalue weighted by Gasteiger charge is -2.11. The van der Waals surface area contributed by atoms with Gasteiger partial charge in [-0.25, -0.2) is 4.39 Å². The van der Waals surface area contributed by atoms with Crippen molar-refractivity contribution < 1.29 is 17.6 Å². The van der Waals surface area contributed by atoms with Crippen molar-refractivity contribution in [1.29, 1.82) is 0 Å². The second-order valence-electron chi connectivity index (χ2n) is 3.82. The van der Waals surface area contributed by atoms with E-state index in [1.165, 1.54) is 7.05 Å². The summed E-state index contributed by atoms with van der Waals surface area (Å²) in [6.07, 6.45) is -4.59. The number of hydrogen-bond donors (Lipinski definition) is 2. The summed E-state index contributed by atoms with van der Waals surface area (Å²) in [6.45, 7) is 0. The van der Waals surface area contributed by atoms with Crippen molar-refractivity contribution in [3.63, 3.8) is 0 Å². The van der Waals surface area contributed by atoms with Gasteiger partial charge in [-0.1, -0.05) is 0 Å². The molecule has 2 rings (SSSR count). The fourth-order valence-electron chi connectivity index (χ4n) is 1.44. The highest BCUT2D eigenvalue weighted by Gasteiger charge is 2.31. The number of alkyl halides is 3. The summed E-state index contributed by atoms with van der Waals surface area (Å²) in [6, 6.07) is 1.96. The van der Waals surface area contributed by atoms with Gasteiger partial charge in [-0.2, -0.15) is 28.1 Å². The number of nitrogens with one attached hydrogen (secondary N) is 2. The Hall–Kier alpha value is -2.16. The zero-order chi connectivity index (χ0) is 15.6. The number of hydrogen-bond acceptors (Lipinski definition) is 5. The van der Waals surface area contributed by atoms with Crippen LogP contribution in [0.2, 0.25) is 5.28 Å². The average Bonchev–Trinajstić information content (AvgIpc) is 2.39. The fraction of sp³-hybridized carbons (Fsp3) is 0.182. The lowest BCUT2D eigenvalue weighted by molar-refractivity contribution is -0.137. The number of nitrogens with zero attached hydrogens (tertiary/aromatic N) is 3. The normalized spacial score (nSPS) is 11.3. The molecule has 1 aromatic heterocycles. The van der Waals surface area contributed by atoms with Crippen LogP contribution in [0.15, 0.2) is 18.2 Å². The van der Waals surface area contributed by atoms with Gasteiger partial charge in [0.2, 0.25) is 17.2 Å². The van der Waals surface area contributed by atoms with E-state index in [2.05, 4.69) is 25.6 Å². The van der Waals surface area contributed by atoms with Crippen LogP contribution in [0.3, 0.4) is 0 Å². The van der Waals surface area contributed by atoms with Gasteiger partial charge >= 0.3 is 6.18 Å². The van der Waals surface area contributed by atoms with E-state index in [1.54, 1.807) is 0 Å². The number of aromatic nitrogens is 3. The molecule has 112 valence electrons. The molecule has 1 heterocycles. The fourth-order valence-corrected chi connectivity index (χ4v) is 1.60. The van der Waals surface area contributed by atoms with Crippen molar-refractivity contribution in [2.45, 2.75) is 6.18 Å². The van der Waals surface area contributed by atoms with Crippen LogP contribution in [0.4, 0.5) is 35.1 Å². The molecule has 5 nitrogen and oxygen atoms in total. The van der Waals surface area contributed by atoms with Gasteiger partial charge in [-0.15, -0.1) is 0 Å². The van der Waals surface area contributed by atoms with Gasteiger partial charge in [0.1, 0.15) is 5.82 Å². The van der Waals surface area contributed by atoms with Crippen LogP contribution in [-0.4, -0.2) is 22.0 Å². The summed E-state index contributed by atoms with van der Waals surface area (Å²) in [4.78, 5) is 11.1. The van der Waals surface area contributed by atoms with E-state index >= 15 is 0 Å². The van der Waals surface area contributed by atoms with Crippen LogP contribution in [0.5, 0.6) is 0 Å². The molecule has 0 fully saturated rings. The first-order chi connectivity index (χ1) is 9.79. The molecule has 0 radical (unpaired) electrons. The minimum Gasteiger partial charge on any atom is -0.357 e. The number of halogens is 5. The molecule has 0 aliphatic carbocycles. The number of anilines is 3. The van der Waals surface area contributed by atoms with Gasteiger partial charge < -0.3 is 10.6 Å². The minimum absolute atomic E-state index is 0.0879.